The van der Waals surface area contributed by atoms with Gasteiger partial charge in [-0.3, -0.25) is 0 Å². The quantitative estimate of drug-likeness (QED) is 0.668. The Morgan fingerprint density at radius 1 is 1.20 bits per heavy atom. The summed E-state index contributed by atoms with van der Waals surface area (Å²) in [7, 11) is 1.70. The number of hydrogen-bond acceptors (Lipinski definition) is 1. The SMILES string of the molecule is [Pb].b1cc2ccccc2o1. The maximum absolute atomic E-state index is 5.12. The van der Waals surface area contributed by atoms with Gasteiger partial charge < -0.3 is 0 Å². The first-order valence-electron chi connectivity index (χ1n) is 2.89. The molecule has 46 valence electrons. The fourth-order valence-corrected chi connectivity index (χ4v) is 0.906. The zero-order chi connectivity index (χ0) is 6.10. The molecule has 0 aliphatic heterocycles. The number of fused-ring (bicyclic) bond motifs is 1. The van der Waals surface area contributed by atoms with Crippen LogP contribution in [0.25, 0.3) is 11.0 Å². The normalized spacial score (nSPS) is 8.80. The fourth-order valence-electron chi connectivity index (χ4n) is 0.906. The Morgan fingerprint density at radius 3 is 2.80 bits per heavy atom. The molecule has 0 unspecified atom stereocenters. The van der Waals surface area contributed by atoms with Crippen LogP contribution < -0.4 is 0 Å². The minimum absolute atomic E-state index is 0. The van der Waals surface area contributed by atoms with E-state index in [4.69, 9.17) is 4.33 Å². The van der Waals surface area contributed by atoms with Crippen molar-refractivity contribution in [2.24, 2.45) is 0 Å². The average molecular weight is 323 g/mol. The van der Waals surface area contributed by atoms with Gasteiger partial charge in [-0.05, 0) is 0 Å². The monoisotopic (exact) mass is 324 g/mol. The summed E-state index contributed by atoms with van der Waals surface area (Å²) in [4.78, 5) is 0. The van der Waals surface area contributed by atoms with Crippen molar-refractivity contribution in [2.75, 3.05) is 0 Å². The van der Waals surface area contributed by atoms with E-state index in [9.17, 15) is 0 Å². The van der Waals surface area contributed by atoms with Gasteiger partial charge in [0.05, 0.1) is 0 Å². The van der Waals surface area contributed by atoms with Gasteiger partial charge >= 0.3 is 52.7 Å². The second kappa shape index (κ2) is 3.32. The van der Waals surface area contributed by atoms with E-state index in [1.54, 1.807) is 7.13 Å². The summed E-state index contributed by atoms with van der Waals surface area (Å²) in [6.45, 7) is 0. The first kappa shape index (κ1) is 7.98. The van der Waals surface area contributed by atoms with Crippen molar-refractivity contribution in [1.82, 2.24) is 0 Å². The van der Waals surface area contributed by atoms with Crippen molar-refractivity contribution in [3.8, 4) is 0 Å². The second-order valence-corrected chi connectivity index (χ2v) is 1.96. The van der Waals surface area contributed by atoms with Gasteiger partial charge in [-0.15, -0.1) is 0 Å². The summed E-state index contributed by atoms with van der Waals surface area (Å²) in [5, 5.41) is 1.16. The molecule has 3 heteroatoms. The Labute approximate surface area is 79.8 Å². The molecule has 1 aromatic heterocycles. The zero-order valence-corrected chi connectivity index (χ0v) is 9.26. The number of para-hydroxylation sites is 1. The van der Waals surface area contributed by atoms with Gasteiger partial charge in [0.25, 0.3) is 0 Å². The number of hydrogen-bond donors (Lipinski definition) is 0. The van der Waals surface area contributed by atoms with E-state index in [-0.39, 0.29) is 27.3 Å². The van der Waals surface area contributed by atoms with E-state index < -0.39 is 0 Å². The van der Waals surface area contributed by atoms with Crippen molar-refractivity contribution in [2.45, 2.75) is 0 Å². The first-order valence-corrected chi connectivity index (χ1v) is 2.89. The molecular formula is C7H5BOPb. The molecule has 0 aliphatic rings. The molecule has 0 aliphatic carbocycles. The van der Waals surface area contributed by atoms with Crippen LogP contribution in [-0.2, 0) is 0 Å². The van der Waals surface area contributed by atoms with Crippen LogP contribution in [0.3, 0.4) is 0 Å². The number of benzene rings is 1. The van der Waals surface area contributed by atoms with Crippen molar-refractivity contribution < 1.29 is 4.33 Å². The Bertz CT molecular complexity index is 288. The van der Waals surface area contributed by atoms with E-state index in [1.165, 1.54) is 0 Å². The summed E-state index contributed by atoms with van der Waals surface area (Å²) < 4.78 is 5.12. The molecule has 0 spiro atoms. The van der Waals surface area contributed by atoms with E-state index >= 15 is 0 Å². The molecule has 1 heterocycles. The Kier molecular flexibility index (Phi) is 2.65. The Hall–Kier alpha value is -0.123. The summed E-state index contributed by atoms with van der Waals surface area (Å²) >= 11 is 0. The van der Waals surface area contributed by atoms with Gasteiger partial charge in [0, 0.05) is 27.3 Å². The van der Waals surface area contributed by atoms with E-state index in [2.05, 4.69) is 0 Å². The molecule has 0 fully saturated rings. The molecule has 2 aromatic rings. The molecule has 1 aromatic carbocycles. The molecule has 0 bridgehead atoms. The van der Waals surface area contributed by atoms with Crippen LogP contribution in [0.5, 0.6) is 0 Å². The molecule has 0 atom stereocenters. The van der Waals surface area contributed by atoms with Crippen LogP contribution in [0.2, 0.25) is 0 Å². The zero-order valence-electron chi connectivity index (χ0n) is 5.37. The van der Waals surface area contributed by atoms with Crippen LogP contribution in [0.15, 0.2) is 34.6 Å². The van der Waals surface area contributed by atoms with Gasteiger partial charge in [-0.25, -0.2) is 0 Å². The van der Waals surface area contributed by atoms with E-state index in [0.29, 0.717) is 0 Å². The standard InChI is InChI=1S/C7H5BO.Pb/c1-2-4-7-6(3-1)5-8-9-7;/h1-5H;. The van der Waals surface area contributed by atoms with Crippen LogP contribution in [0.1, 0.15) is 0 Å². The first-order chi connectivity index (χ1) is 4.47. The summed E-state index contributed by atoms with van der Waals surface area (Å²) in [6, 6.07) is 7.94. The van der Waals surface area contributed by atoms with Crippen LogP contribution in [-0.4, -0.2) is 34.4 Å². The van der Waals surface area contributed by atoms with Gasteiger partial charge in [-0.2, -0.15) is 0 Å². The van der Waals surface area contributed by atoms with Crippen LogP contribution in [0, 0.1) is 0 Å². The fraction of sp³-hybridized carbons (Fsp3) is 0. The predicted octanol–water partition coefficient (Wildman–Crippen LogP) is 1.39. The van der Waals surface area contributed by atoms with Gasteiger partial charge in [0.1, 0.15) is 0 Å². The molecule has 2 rings (SSSR count). The third-order valence-electron chi connectivity index (χ3n) is 1.36. The van der Waals surface area contributed by atoms with Crippen molar-refractivity contribution >= 4 is 45.4 Å². The molecule has 0 amide bonds. The summed E-state index contributed by atoms with van der Waals surface area (Å²) in [5.41, 5.74) is 0.956. The molecule has 0 saturated heterocycles. The Balaban J connectivity index is 0.000000500. The molecule has 1 nitrogen and oxygen atoms in total. The van der Waals surface area contributed by atoms with E-state index in [0.717, 1.165) is 11.0 Å². The topological polar surface area (TPSA) is 13.1 Å². The molecule has 0 N–H and O–H groups in total. The average Bonchev–Trinajstić information content (AvgIpc) is 2.33. The third kappa shape index (κ3) is 1.31. The molecular weight excluding hydrogens is 318 g/mol. The van der Waals surface area contributed by atoms with Crippen molar-refractivity contribution in [1.29, 1.82) is 0 Å². The van der Waals surface area contributed by atoms with Crippen LogP contribution in [0.4, 0.5) is 0 Å². The predicted molar refractivity (Wildman–Crippen MR) is 43.3 cm³/mol. The van der Waals surface area contributed by atoms with Crippen LogP contribution >= 0.6 is 0 Å². The molecule has 4 radical (unpaired) electrons. The van der Waals surface area contributed by atoms with E-state index in [1.807, 2.05) is 30.2 Å². The molecule has 0 saturated carbocycles. The maximum atomic E-state index is 5.12. The Morgan fingerprint density at radius 2 is 2.00 bits per heavy atom. The van der Waals surface area contributed by atoms with Gasteiger partial charge in [0.15, 0.2) is 0 Å². The summed E-state index contributed by atoms with van der Waals surface area (Å²) in [5.74, 6) is 1.95. The summed E-state index contributed by atoms with van der Waals surface area (Å²) in [6.07, 6.45) is 0. The van der Waals surface area contributed by atoms with Crippen molar-refractivity contribution in [3.63, 3.8) is 0 Å². The van der Waals surface area contributed by atoms with Crippen molar-refractivity contribution in [3.05, 3.63) is 30.2 Å². The molecule has 10 heavy (non-hydrogen) atoms. The van der Waals surface area contributed by atoms with Gasteiger partial charge in [0.2, 0.25) is 0 Å². The third-order valence-corrected chi connectivity index (χ3v) is 1.36. The minimum atomic E-state index is 0. The number of rotatable bonds is 0. The van der Waals surface area contributed by atoms with Gasteiger partial charge in [-0.1, -0.05) is 0 Å². The second-order valence-electron chi connectivity index (χ2n) is 1.96.